The number of alkyl halides is 3. The Hall–Kier alpha value is -2.35. The Balaban J connectivity index is 2.03. The average molecular weight is 365 g/mol. The lowest BCUT2D eigenvalue weighted by Gasteiger charge is -2.12. The van der Waals surface area contributed by atoms with E-state index >= 15 is 0 Å². The minimum Gasteiger partial charge on any atom is -0.376 e. The summed E-state index contributed by atoms with van der Waals surface area (Å²) < 4.78 is 64.6. The highest BCUT2D eigenvalue weighted by molar-refractivity contribution is 6.31. The summed E-state index contributed by atoms with van der Waals surface area (Å²) in [6.07, 6.45) is -4.64. The van der Waals surface area contributed by atoms with Gasteiger partial charge in [0.15, 0.2) is 0 Å². The van der Waals surface area contributed by atoms with Gasteiger partial charge in [-0.25, -0.2) is 8.78 Å². The minimum absolute atomic E-state index is 0.00147. The van der Waals surface area contributed by atoms with Crippen LogP contribution < -0.4 is 10.6 Å². The van der Waals surface area contributed by atoms with Crippen molar-refractivity contribution in [2.75, 3.05) is 17.2 Å². The van der Waals surface area contributed by atoms with Gasteiger partial charge in [-0.1, -0.05) is 11.6 Å². The maximum absolute atomic E-state index is 13.4. The van der Waals surface area contributed by atoms with E-state index in [4.69, 9.17) is 11.6 Å². The van der Waals surface area contributed by atoms with Crippen LogP contribution in [0.5, 0.6) is 0 Å². The van der Waals surface area contributed by atoms with Crippen LogP contribution in [0.1, 0.15) is 5.56 Å². The molecule has 0 aromatic heterocycles. The van der Waals surface area contributed by atoms with Crippen molar-refractivity contribution in [2.24, 2.45) is 0 Å². The van der Waals surface area contributed by atoms with Crippen molar-refractivity contribution < 1.29 is 26.7 Å². The Morgan fingerprint density at radius 3 is 2.46 bits per heavy atom. The third kappa shape index (κ3) is 4.58. The summed E-state index contributed by atoms with van der Waals surface area (Å²) in [6.45, 7) is -0.450. The van der Waals surface area contributed by atoms with Gasteiger partial charge in [-0.3, -0.25) is 4.79 Å². The molecule has 0 heterocycles. The van der Waals surface area contributed by atoms with Crippen LogP contribution in [-0.2, 0) is 11.0 Å². The molecule has 24 heavy (non-hydrogen) atoms. The fourth-order valence-corrected chi connectivity index (χ4v) is 2.05. The lowest BCUT2D eigenvalue weighted by atomic mass is 10.2. The van der Waals surface area contributed by atoms with Gasteiger partial charge in [0.2, 0.25) is 5.91 Å². The molecule has 2 rings (SSSR count). The quantitative estimate of drug-likeness (QED) is 0.773. The number of carbonyl (C=O) groups is 1. The molecule has 3 nitrogen and oxygen atoms in total. The summed E-state index contributed by atoms with van der Waals surface area (Å²) in [5, 5.41) is 4.09. The molecule has 0 spiro atoms. The van der Waals surface area contributed by atoms with E-state index in [0.717, 1.165) is 30.3 Å². The van der Waals surface area contributed by atoms with Crippen molar-refractivity contribution in [1.29, 1.82) is 0 Å². The zero-order chi connectivity index (χ0) is 17.9. The summed E-state index contributed by atoms with van der Waals surface area (Å²) in [5.74, 6) is -2.34. The lowest BCUT2D eigenvalue weighted by Crippen LogP contribution is -2.22. The average Bonchev–Trinajstić information content (AvgIpc) is 2.49. The van der Waals surface area contributed by atoms with Gasteiger partial charge in [-0.2, -0.15) is 13.2 Å². The van der Waals surface area contributed by atoms with Gasteiger partial charge in [0.1, 0.15) is 11.6 Å². The first-order valence-corrected chi connectivity index (χ1v) is 6.90. The van der Waals surface area contributed by atoms with Crippen molar-refractivity contribution >= 4 is 28.9 Å². The Morgan fingerprint density at radius 1 is 1.08 bits per heavy atom. The molecule has 0 saturated carbocycles. The molecule has 0 bridgehead atoms. The minimum atomic E-state index is -4.64. The maximum Gasteiger partial charge on any atom is 0.417 e. The van der Waals surface area contributed by atoms with Crippen molar-refractivity contribution in [2.45, 2.75) is 6.18 Å². The number of amides is 1. The summed E-state index contributed by atoms with van der Waals surface area (Å²) in [6, 6.07) is 5.56. The summed E-state index contributed by atoms with van der Waals surface area (Å²) in [7, 11) is 0. The molecule has 0 aliphatic carbocycles. The van der Waals surface area contributed by atoms with Gasteiger partial charge in [0, 0.05) is 11.8 Å². The van der Waals surface area contributed by atoms with E-state index in [0.29, 0.717) is 0 Å². The zero-order valence-electron chi connectivity index (χ0n) is 11.8. The highest BCUT2D eigenvalue weighted by Crippen LogP contribution is 2.36. The topological polar surface area (TPSA) is 41.1 Å². The Labute approximate surface area is 138 Å². The molecule has 0 aliphatic rings. The molecule has 128 valence electrons. The third-order valence-electron chi connectivity index (χ3n) is 2.93. The van der Waals surface area contributed by atoms with Crippen molar-refractivity contribution in [3.63, 3.8) is 0 Å². The monoisotopic (exact) mass is 364 g/mol. The number of benzene rings is 2. The molecule has 1 amide bonds. The van der Waals surface area contributed by atoms with Gasteiger partial charge in [0.25, 0.3) is 0 Å². The lowest BCUT2D eigenvalue weighted by molar-refractivity contribution is -0.137. The fraction of sp³-hybridized carbons (Fsp3) is 0.133. The number of anilines is 2. The molecule has 0 radical (unpaired) electrons. The highest BCUT2D eigenvalue weighted by Gasteiger charge is 2.33. The van der Waals surface area contributed by atoms with Gasteiger partial charge in [0.05, 0.1) is 22.8 Å². The normalized spacial score (nSPS) is 11.2. The van der Waals surface area contributed by atoms with E-state index in [1.165, 1.54) is 6.07 Å². The van der Waals surface area contributed by atoms with Crippen LogP contribution in [-0.4, -0.2) is 12.5 Å². The molecule has 0 fully saturated rings. The largest absolute Gasteiger partial charge is 0.417 e. The predicted molar refractivity (Wildman–Crippen MR) is 79.9 cm³/mol. The van der Waals surface area contributed by atoms with E-state index in [2.05, 4.69) is 10.6 Å². The molecule has 9 heteroatoms. The van der Waals surface area contributed by atoms with Crippen molar-refractivity contribution in [3.05, 3.63) is 58.6 Å². The molecule has 2 aromatic carbocycles. The zero-order valence-corrected chi connectivity index (χ0v) is 12.6. The second-order valence-corrected chi connectivity index (χ2v) is 5.13. The SMILES string of the molecule is O=C(CNc1ccc(Cl)c(C(F)(F)F)c1)Nc1cc(F)ccc1F. The number of hydrogen-bond donors (Lipinski definition) is 2. The molecular weight excluding hydrogens is 355 g/mol. The maximum atomic E-state index is 13.4. The Bertz CT molecular complexity index is 764. The molecule has 0 saturated heterocycles. The van der Waals surface area contributed by atoms with Crippen molar-refractivity contribution in [1.82, 2.24) is 0 Å². The van der Waals surface area contributed by atoms with E-state index in [1.54, 1.807) is 0 Å². The second kappa shape index (κ2) is 7.04. The van der Waals surface area contributed by atoms with Crippen LogP contribution in [0.2, 0.25) is 5.02 Å². The smallest absolute Gasteiger partial charge is 0.376 e. The van der Waals surface area contributed by atoms with Gasteiger partial charge < -0.3 is 10.6 Å². The number of rotatable bonds is 4. The van der Waals surface area contributed by atoms with E-state index in [-0.39, 0.29) is 11.4 Å². The number of carbonyl (C=O) groups excluding carboxylic acids is 1. The van der Waals surface area contributed by atoms with Crippen LogP contribution in [0.4, 0.5) is 33.3 Å². The highest BCUT2D eigenvalue weighted by atomic mass is 35.5. The van der Waals surface area contributed by atoms with Gasteiger partial charge >= 0.3 is 6.18 Å². The Morgan fingerprint density at radius 2 is 1.79 bits per heavy atom. The number of halogens is 6. The van der Waals surface area contributed by atoms with Crippen LogP contribution in [0.25, 0.3) is 0 Å². The Kier molecular flexibility index (Phi) is 5.28. The van der Waals surface area contributed by atoms with Gasteiger partial charge in [-0.05, 0) is 30.3 Å². The molecule has 0 atom stereocenters. The number of nitrogens with one attached hydrogen (secondary N) is 2. The van der Waals surface area contributed by atoms with Gasteiger partial charge in [-0.15, -0.1) is 0 Å². The summed E-state index contributed by atoms with van der Waals surface area (Å²) in [5.41, 5.74) is -1.42. The molecule has 0 aliphatic heterocycles. The van der Waals surface area contributed by atoms with E-state index in [1.807, 2.05) is 0 Å². The van der Waals surface area contributed by atoms with Crippen LogP contribution >= 0.6 is 11.6 Å². The summed E-state index contributed by atoms with van der Waals surface area (Å²) >= 11 is 5.48. The summed E-state index contributed by atoms with van der Waals surface area (Å²) in [4.78, 5) is 11.7. The first-order chi connectivity index (χ1) is 11.2. The first-order valence-electron chi connectivity index (χ1n) is 6.52. The molecular formula is C15H10ClF5N2O. The molecule has 2 aromatic rings. The molecule has 2 N–H and O–H groups in total. The predicted octanol–water partition coefficient (Wildman–Crippen LogP) is 4.69. The van der Waals surface area contributed by atoms with E-state index in [9.17, 15) is 26.7 Å². The van der Waals surface area contributed by atoms with Crippen molar-refractivity contribution in [3.8, 4) is 0 Å². The number of hydrogen-bond acceptors (Lipinski definition) is 2. The van der Waals surface area contributed by atoms with Crippen LogP contribution in [0.3, 0.4) is 0 Å². The molecule has 0 unspecified atom stereocenters. The fourth-order valence-electron chi connectivity index (χ4n) is 1.82. The third-order valence-corrected chi connectivity index (χ3v) is 3.26. The first kappa shape index (κ1) is 18.0. The second-order valence-electron chi connectivity index (χ2n) is 4.72. The van der Waals surface area contributed by atoms with Crippen LogP contribution in [0, 0.1) is 11.6 Å². The van der Waals surface area contributed by atoms with E-state index < -0.39 is 40.8 Å². The standard InChI is InChI=1S/C15H10ClF5N2O/c16-11-3-2-9(6-10(11)15(19,20)21)22-7-14(24)23-13-5-8(17)1-4-12(13)18/h1-6,22H,7H2,(H,23,24). The van der Waals surface area contributed by atoms with Crippen LogP contribution in [0.15, 0.2) is 36.4 Å².